The Bertz CT molecular complexity index is 1640. The number of carbonyl (C=O) groups excluding carboxylic acids is 2. The van der Waals surface area contributed by atoms with E-state index in [4.69, 9.17) is 23.2 Å². The Morgan fingerprint density at radius 1 is 0.976 bits per heavy atom. The Morgan fingerprint density at radius 3 is 2.32 bits per heavy atom. The van der Waals surface area contributed by atoms with Gasteiger partial charge in [-0.05, 0) is 81.3 Å². The molecule has 216 valence electrons. The first kappa shape index (κ1) is 30.0. The smallest absolute Gasteiger partial charge is 0.347 e. The van der Waals surface area contributed by atoms with Crippen LogP contribution in [0, 0.1) is 13.8 Å². The predicted molar refractivity (Wildman–Crippen MR) is 147 cm³/mol. The molecule has 2 amide bonds. The standard InChI is InChI=1S/C26H25Cl2F3N8O2/c1-13-8-14(2)21(17(9-13)22(40)33-25(3,4)5)32-23(41)20-11-16(12-38-36-24(34-37-38)26(29,30)31)35-39(20)19-10-15(27)6-7-18(19)28/h6-11H,12H2,1-5H3,(H,32,41)(H,33,40). The number of rotatable bonds is 6. The minimum absolute atomic E-state index is 0.0394. The van der Waals surface area contributed by atoms with Crippen LogP contribution in [0.15, 0.2) is 36.4 Å². The van der Waals surface area contributed by atoms with Crippen LogP contribution in [0.25, 0.3) is 5.69 Å². The van der Waals surface area contributed by atoms with Crippen molar-refractivity contribution in [1.82, 2.24) is 35.3 Å². The van der Waals surface area contributed by atoms with Gasteiger partial charge in [0.1, 0.15) is 12.2 Å². The van der Waals surface area contributed by atoms with Gasteiger partial charge in [-0.25, -0.2) is 4.68 Å². The fourth-order valence-corrected chi connectivity index (χ4v) is 4.33. The number of hydrogen-bond acceptors (Lipinski definition) is 6. The van der Waals surface area contributed by atoms with E-state index in [1.54, 1.807) is 19.1 Å². The first-order valence-electron chi connectivity index (χ1n) is 12.2. The van der Waals surface area contributed by atoms with Crippen LogP contribution in [0.4, 0.5) is 18.9 Å². The lowest BCUT2D eigenvalue weighted by molar-refractivity contribution is -0.145. The van der Waals surface area contributed by atoms with Crippen LogP contribution in [0.5, 0.6) is 0 Å². The number of benzene rings is 2. The number of tetrazole rings is 1. The molecule has 2 aromatic heterocycles. The second-order valence-corrected chi connectivity index (χ2v) is 11.2. The highest BCUT2D eigenvalue weighted by atomic mass is 35.5. The molecule has 2 heterocycles. The molecule has 0 atom stereocenters. The summed E-state index contributed by atoms with van der Waals surface area (Å²) in [6, 6.07) is 9.36. The highest BCUT2D eigenvalue weighted by Crippen LogP contribution is 2.29. The van der Waals surface area contributed by atoms with Crippen molar-refractivity contribution in [2.45, 2.75) is 52.9 Å². The molecule has 0 saturated heterocycles. The van der Waals surface area contributed by atoms with Crippen LogP contribution in [0.1, 0.15) is 64.3 Å². The third-order valence-corrected chi connectivity index (χ3v) is 6.15. The molecular formula is C26H25Cl2F3N8O2. The number of nitrogens with one attached hydrogen (secondary N) is 2. The number of amides is 2. The number of hydrogen-bond donors (Lipinski definition) is 2. The molecule has 10 nitrogen and oxygen atoms in total. The molecule has 2 N–H and O–H groups in total. The zero-order valence-corrected chi connectivity index (χ0v) is 24.1. The molecule has 0 bridgehead atoms. The van der Waals surface area contributed by atoms with Crippen molar-refractivity contribution in [2.24, 2.45) is 0 Å². The zero-order valence-electron chi connectivity index (χ0n) is 22.6. The van der Waals surface area contributed by atoms with Gasteiger partial charge in [0.25, 0.3) is 17.6 Å². The van der Waals surface area contributed by atoms with Crippen LogP contribution < -0.4 is 10.6 Å². The molecule has 15 heteroatoms. The van der Waals surface area contributed by atoms with Crippen LogP contribution in [-0.2, 0) is 12.7 Å². The number of aromatic nitrogens is 6. The van der Waals surface area contributed by atoms with Gasteiger partial charge in [-0.1, -0.05) is 29.3 Å². The second-order valence-electron chi connectivity index (χ2n) is 10.3. The predicted octanol–water partition coefficient (Wildman–Crippen LogP) is 5.63. The maximum atomic E-state index is 13.7. The van der Waals surface area contributed by atoms with Crippen LogP contribution >= 0.6 is 23.2 Å². The molecule has 0 aliphatic heterocycles. The first-order chi connectivity index (χ1) is 19.0. The van der Waals surface area contributed by atoms with E-state index >= 15 is 0 Å². The normalized spacial score (nSPS) is 12.0. The summed E-state index contributed by atoms with van der Waals surface area (Å²) in [5.41, 5.74) is 1.78. The van der Waals surface area contributed by atoms with E-state index in [0.717, 1.165) is 5.56 Å². The second kappa shape index (κ2) is 11.1. The molecule has 41 heavy (non-hydrogen) atoms. The van der Waals surface area contributed by atoms with E-state index in [2.05, 4.69) is 31.1 Å². The van der Waals surface area contributed by atoms with E-state index in [1.807, 2.05) is 33.8 Å². The van der Waals surface area contributed by atoms with Crippen molar-refractivity contribution in [3.05, 3.63) is 80.3 Å². The summed E-state index contributed by atoms with van der Waals surface area (Å²) in [7, 11) is 0. The third kappa shape index (κ3) is 7.03. The number of nitrogens with zero attached hydrogens (tertiary/aromatic N) is 6. The van der Waals surface area contributed by atoms with Crippen molar-refractivity contribution in [3.8, 4) is 5.69 Å². The lowest BCUT2D eigenvalue weighted by Gasteiger charge is -2.22. The quantitative estimate of drug-likeness (QED) is 0.293. The average Bonchev–Trinajstić information content (AvgIpc) is 3.48. The van der Waals surface area contributed by atoms with Gasteiger partial charge in [0.2, 0.25) is 0 Å². The van der Waals surface area contributed by atoms with Gasteiger partial charge < -0.3 is 10.6 Å². The van der Waals surface area contributed by atoms with Gasteiger partial charge in [-0.2, -0.15) is 23.1 Å². The fourth-order valence-electron chi connectivity index (χ4n) is 3.97. The number of carbonyl (C=O) groups is 2. The fraction of sp³-hybridized carbons (Fsp3) is 0.308. The SMILES string of the molecule is Cc1cc(C)c(NC(=O)c2cc(Cn3nnc(C(F)(F)F)n3)nn2-c2cc(Cl)ccc2Cl)c(C(=O)NC(C)(C)C)c1. The summed E-state index contributed by atoms with van der Waals surface area (Å²) in [5.74, 6) is -2.47. The molecule has 4 rings (SSSR count). The maximum absolute atomic E-state index is 13.7. The summed E-state index contributed by atoms with van der Waals surface area (Å²) in [4.78, 5) is 27.6. The Labute approximate surface area is 242 Å². The Balaban J connectivity index is 1.77. The molecule has 0 unspecified atom stereocenters. The molecule has 0 aliphatic carbocycles. The van der Waals surface area contributed by atoms with Gasteiger partial charge in [0, 0.05) is 10.6 Å². The highest BCUT2D eigenvalue weighted by Gasteiger charge is 2.37. The van der Waals surface area contributed by atoms with E-state index in [-0.39, 0.29) is 45.8 Å². The molecule has 0 radical (unpaired) electrons. The van der Waals surface area contributed by atoms with E-state index < -0.39 is 23.4 Å². The number of halogens is 5. The molecule has 0 spiro atoms. The van der Waals surface area contributed by atoms with Crippen LogP contribution in [0.3, 0.4) is 0 Å². The average molecular weight is 609 g/mol. The summed E-state index contributed by atoms with van der Waals surface area (Å²) < 4.78 is 40.1. The minimum Gasteiger partial charge on any atom is -0.347 e. The van der Waals surface area contributed by atoms with E-state index in [0.29, 0.717) is 15.4 Å². The lowest BCUT2D eigenvalue weighted by atomic mass is 10.0. The monoisotopic (exact) mass is 608 g/mol. The first-order valence-corrected chi connectivity index (χ1v) is 12.9. The van der Waals surface area contributed by atoms with Gasteiger partial charge in [0.15, 0.2) is 0 Å². The third-order valence-electron chi connectivity index (χ3n) is 5.59. The summed E-state index contributed by atoms with van der Waals surface area (Å²) in [6.45, 7) is 8.75. The van der Waals surface area contributed by atoms with Crippen molar-refractivity contribution in [1.29, 1.82) is 0 Å². The topological polar surface area (TPSA) is 120 Å². The molecule has 0 saturated carbocycles. The van der Waals surface area contributed by atoms with Crippen molar-refractivity contribution >= 4 is 40.7 Å². The number of alkyl halides is 3. The van der Waals surface area contributed by atoms with Gasteiger partial charge >= 0.3 is 6.18 Å². The largest absolute Gasteiger partial charge is 0.455 e. The summed E-state index contributed by atoms with van der Waals surface area (Å²) in [6.07, 6.45) is -4.78. The minimum atomic E-state index is -4.78. The molecule has 0 aliphatic rings. The van der Waals surface area contributed by atoms with E-state index in [9.17, 15) is 22.8 Å². The highest BCUT2D eigenvalue weighted by molar-refractivity contribution is 6.34. The Morgan fingerprint density at radius 2 is 1.68 bits per heavy atom. The van der Waals surface area contributed by atoms with Gasteiger partial charge in [-0.3, -0.25) is 9.59 Å². The Kier molecular flexibility index (Phi) is 8.14. The number of anilines is 1. The van der Waals surface area contributed by atoms with Gasteiger partial charge in [0.05, 0.1) is 27.7 Å². The maximum Gasteiger partial charge on any atom is 0.455 e. The van der Waals surface area contributed by atoms with Gasteiger partial charge in [-0.15, -0.1) is 10.2 Å². The van der Waals surface area contributed by atoms with Crippen molar-refractivity contribution < 1.29 is 22.8 Å². The van der Waals surface area contributed by atoms with Crippen LogP contribution in [0.2, 0.25) is 10.0 Å². The van der Waals surface area contributed by atoms with Crippen molar-refractivity contribution in [3.63, 3.8) is 0 Å². The summed E-state index contributed by atoms with van der Waals surface area (Å²) in [5, 5.41) is 20.4. The van der Waals surface area contributed by atoms with Crippen molar-refractivity contribution in [2.75, 3.05) is 5.32 Å². The summed E-state index contributed by atoms with van der Waals surface area (Å²) >= 11 is 12.6. The molecule has 2 aromatic carbocycles. The van der Waals surface area contributed by atoms with Crippen LogP contribution in [-0.4, -0.2) is 47.3 Å². The molecular weight excluding hydrogens is 584 g/mol. The lowest BCUT2D eigenvalue weighted by Crippen LogP contribution is -2.41. The zero-order chi connectivity index (χ0) is 30.3. The number of aryl methyl sites for hydroxylation is 2. The Hall–Kier alpha value is -3.97. The molecule has 4 aromatic rings. The van der Waals surface area contributed by atoms with E-state index in [1.165, 1.54) is 22.9 Å². The molecule has 0 fully saturated rings.